The van der Waals surface area contributed by atoms with Gasteiger partial charge in [-0.15, -0.1) is 0 Å². The lowest BCUT2D eigenvalue weighted by Crippen LogP contribution is -2.28. The van der Waals surface area contributed by atoms with E-state index in [1.165, 1.54) is 11.8 Å². The first kappa shape index (κ1) is 15.8. The van der Waals surface area contributed by atoms with Gasteiger partial charge >= 0.3 is 0 Å². The van der Waals surface area contributed by atoms with E-state index < -0.39 is 0 Å². The Kier molecular flexibility index (Phi) is 4.24. The smallest absolute Gasteiger partial charge is 0.270 e. The van der Waals surface area contributed by atoms with E-state index >= 15 is 0 Å². The maximum atomic E-state index is 12.8. The van der Waals surface area contributed by atoms with Gasteiger partial charge in [0.25, 0.3) is 5.91 Å². The highest BCUT2D eigenvalue weighted by atomic mass is 32.2. The van der Waals surface area contributed by atoms with Gasteiger partial charge in [0.1, 0.15) is 5.75 Å². The van der Waals surface area contributed by atoms with E-state index in [1.54, 1.807) is 35.2 Å². The van der Waals surface area contributed by atoms with Crippen molar-refractivity contribution in [1.29, 1.82) is 0 Å². The highest BCUT2D eigenvalue weighted by molar-refractivity contribution is 8.27. The molecule has 0 aromatic heterocycles. The lowest BCUT2D eigenvalue weighted by atomic mass is 10.1. The summed E-state index contributed by atoms with van der Waals surface area (Å²) in [5.74, 6) is 0.0897. The molecular formula is C18H15NO2S2. The summed E-state index contributed by atoms with van der Waals surface area (Å²) in [7, 11) is 0. The standard InChI is InChI=1S/C18H15NO2S2/c1-11-4-3-5-15(12(11)2)19-17(21)16(23-18(19)22)10-13-6-8-14(20)9-7-13/h3-10,20H,1-2H3. The third kappa shape index (κ3) is 3.02. The minimum Gasteiger partial charge on any atom is -0.508 e. The van der Waals surface area contributed by atoms with Crippen LogP contribution in [0.15, 0.2) is 47.4 Å². The first-order valence-corrected chi connectivity index (χ1v) is 8.33. The predicted molar refractivity (Wildman–Crippen MR) is 99.7 cm³/mol. The zero-order valence-electron chi connectivity index (χ0n) is 12.7. The number of thioether (sulfide) groups is 1. The topological polar surface area (TPSA) is 40.5 Å². The number of aryl methyl sites for hydroxylation is 1. The number of hydrogen-bond donors (Lipinski definition) is 1. The van der Waals surface area contributed by atoms with E-state index in [-0.39, 0.29) is 11.7 Å². The molecule has 1 fully saturated rings. The molecule has 0 spiro atoms. The number of aromatic hydroxyl groups is 1. The van der Waals surface area contributed by atoms with Crippen LogP contribution in [0.3, 0.4) is 0 Å². The molecule has 0 radical (unpaired) electrons. The molecule has 0 saturated carbocycles. The number of anilines is 1. The number of phenols is 1. The molecule has 1 N–H and O–H groups in total. The van der Waals surface area contributed by atoms with Gasteiger partial charge in [-0.05, 0) is 54.8 Å². The van der Waals surface area contributed by atoms with Gasteiger partial charge in [-0.2, -0.15) is 0 Å². The quantitative estimate of drug-likeness (QED) is 0.649. The molecule has 3 rings (SSSR count). The lowest BCUT2D eigenvalue weighted by Gasteiger charge is -2.18. The Morgan fingerprint density at radius 2 is 1.83 bits per heavy atom. The zero-order valence-corrected chi connectivity index (χ0v) is 14.4. The van der Waals surface area contributed by atoms with Crippen LogP contribution in [0.5, 0.6) is 5.75 Å². The van der Waals surface area contributed by atoms with E-state index in [2.05, 4.69) is 0 Å². The van der Waals surface area contributed by atoms with Crippen molar-refractivity contribution in [3.05, 3.63) is 64.1 Å². The molecule has 0 unspecified atom stereocenters. The molecule has 1 saturated heterocycles. The van der Waals surface area contributed by atoms with E-state index in [4.69, 9.17) is 12.2 Å². The molecule has 1 aliphatic heterocycles. The van der Waals surface area contributed by atoms with Crippen LogP contribution in [-0.2, 0) is 4.79 Å². The SMILES string of the molecule is Cc1cccc(N2C(=O)C(=Cc3ccc(O)cc3)SC2=S)c1C. The monoisotopic (exact) mass is 341 g/mol. The molecule has 0 bridgehead atoms. The van der Waals surface area contributed by atoms with Gasteiger partial charge in [0.15, 0.2) is 4.32 Å². The van der Waals surface area contributed by atoms with Crippen molar-refractivity contribution >= 4 is 46.0 Å². The molecule has 2 aromatic rings. The summed E-state index contributed by atoms with van der Waals surface area (Å²) in [6, 6.07) is 12.6. The zero-order chi connectivity index (χ0) is 16.6. The summed E-state index contributed by atoms with van der Waals surface area (Å²) < 4.78 is 0.536. The summed E-state index contributed by atoms with van der Waals surface area (Å²) in [5.41, 5.74) is 3.86. The van der Waals surface area contributed by atoms with Crippen molar-refractivity contribution in [1.82, 2.24) is 0 Å². The molecule has 23 heavy (non-hydrogen) atoms. The molecular weight excluding hydrogens is 326 g/mol. The fraction of sp³-hybridized carbons (Fsp3) is 0.111. The summed E-state index contributed by atoms with van der Waals surface area (Å²) in [6.07, 6.45) is 1.80. The van der Waals surface area contributed by atoms with Crippen molar-refractivity contribution in [2.75, 3.05) is 4.90 Å². The largest absolute Gasteiger partial charge is 0.508 e. The Balaban J connectivity index is 1.97. The maximum absolute atomic E-state index is 12.8. The third-order valence-corrected chi connectivity index (χ3v) is 5.10. The second-order valence-electron chi connectivity index (χ2n) is 5.33. The minimum absolute atomic E-state index is 0.109. The summed E-state index contributed by atoms with van der Waals surface area (Å²) in [5, 5.41) is 9.34. The average molecular weight is 341 g/mol. The molecule has 116 valence electrons. The van der Waals surface area contributed by atoms with E-state index in [9.17, 15) is 9.90 Å². The summed E-state index contributed by atoms with van der Waals surface area (Å²) in [6.45, 7) is 4.01. The van der Waals surface area contributed by atoms with E-state index in [0.29, 0.717) is 9.23 Å². The fourth-order valence-electron chi connectivity index (χ4n) is 2.38. The van der Waals surface area contributed by atoms with Crippen LogP contribution >= 0.6 is 24.0 Å². The molecule has 2 aromatic carbocycles. The summed E-state index contributed by atoms with van der Waals surface area (Å²) >= 11 is 6.70. The highest BCUT2D eigenvalue weighted by Gasteiger charge is 2.34. The molecule has 0 atom stereocenters. The van der Waals surface area contributed by atoms with Crippen molar-refractivity contribution in [2.24, 2.45) is 0 Å². The van der Waals surface area contributed by atoms with Crippen LogP contribution < -0.4 is 4.90 Å². The van der Waals surface area contributed by atoms with Crippen LogP contribution in [0.2, 0.25) is 0 Å². The van der Waals surface area contributed by atoms with Crippen molar-refractivity contribution in [3.8, 4) is 5.75 Å². The van der Waals surface area contributed by atoms with Crippen LogP contribution in [0.1, 0.15) is 16.7 Å². The van der Waals surface area contributed by atoms with Gasteiger partial charge in [-0.25, -0.2) is 0 Å². The fourth-order valence-corrected chi connectivity index (χ4v) is 3.66. The van der Waals surface area contributed by atoms with Crippen LogP contribution in [0, 0.1) is 13.8 Å². The Hall–Kier alpha value is -2.11. The minimum atomic E-state index is -0.109. The van der Waals surface area contributed by atoms with E-state index in [1.807, 2.05) is 32.0 Å². The van der Waals surface area contributed by atoms with Crippen LogP contribution in [0.4, 0.5) is 5.69 Å². The number of carbonyl (C=O) groups excluding carboxylic acids is 1. The number of phenolic OH excluding ortho intramolecular Hbond substituents is 1. The van der Waals surface area contributed by atoms with Crippen molar-refractivity contribution < 1.29 is 9.90 Å². The number of carbonyl (C=O) groups is 1. The van der Waals surface area contributed by atoms with Gasteiger partial charge < -0.3 is 5.11 Å². The van der Waals surface area contributed by atoms with Crippen LogP contribution in [-0.4, -0.2) is 15.3 Å². The molecule has 0 aliphatic carbocycles. The molecule has 3 nitrogen and oxygen atoms in total. The normalized spacial score (nSPS) is 16.4. The Bertz CT molecular complexity index is 825. The van der Waals surface area contributed by atoms with Gasteiger partial charge in [-0.1, -0.05) is 48.2 Å². The number of rotatable bonds is 2. The molecule has 1 aliphatic rings. The number of benzene rings is 2. The number of nitrogens with zero attached hydrogens (tertiary/aromatic N) is 1. The molecule has 1 heterocycles. The number of amides is 1. The van der Waals surface area contributed by atoms with Gasteiger partial charge in [-0.3, -0.25) is 9.69 Å². The van der Waals surface area contributed by atoms with E-state index in [0.717, 1.165) is 22.4 Å². The Labute approximate surface area is 144 Å². The molecule has 1 amide bonds. The number of thiocarbonyl (C=S) groups is 1. The lowest BCUT2D eigenvalue weighted by molar-refractivity contribution is -0.113. The number of hydrogen-bond acceptors (Lipinski definition) is 4. The molecule has 5 heteroatoms. The van der Waals surface area contributed by atoms with Crippen molar-refractivity contribution in [3.63, 3.8) is 0 Å². The van der Waals surface area contributed by atoms with Crippen molar-refractivity contribution in [2.45, 2.75) is 13.8 Å². The average Bonchev–Trinajstić information content (AvgIpc) is 2.79. The van der Waals surface area contributed by atoms with Gasteiger partial charge in [0.2, 0.25) is 0 Å². The maximum Gasteiger partial charge on any atom is 0.270 e. The first-order chi connectivity index (χ1) is 11.0. The highest BCUT2D eigenvalue weighted by Crippen LogP contribution is 2.37. The third-order valence-electron chi connectivity index (χ3n) is 3.80. The van der Waals surface area contributed by atoms with Crippen LogP contribution in [0.25, 0.3) is 6.08 Å². The van der Waals surface area contributed by atoms with Gasteiger partial charge in [0, 0.05) is 0 Å². The second-order valence-corrected chi connectivity index (χ2v) is 7.00. The second kappa shape index (κ2) is 6.18. The Morgan fingerprint density at radius 3 is 2.52 bits per heavy atom. The first-order valence-electron chi connectivity index (χ1n) is 7.10. The Morgan fingerprint density at radius 1 is 1.13 bits per heavy atom. The van der Waals surface area contributed by atoms with Gasteiger partial charge in [0.05, 0.1) is 10.6 Å². The summed E-state index contributed by atoms with van der Waals surface area (Å²) in [4.78, 5) is 14.9. The predicted octanol–water partition coefficient (Wildman–Crippen LogP) is 4.41.